The summed E-state index contributed by atoms with van der Waals surface area (Å²) in [5.41, 5.74) is 0.814. The van der Waals surface area contributed by atoms with E-state index in [4.69, 9.17) is 9.47 Å². The molecule has 0 saturated carbocycles. The Morgan fingerprint density at radius 1 is 1.06 bits per heavy atom. The quantitative estimate of drug-likeness (QED) is 0.575. The summed E-state index contributed by atoms with van der Waals surface area (Å²) >= 11 is 0. The van der Waals surface area contributed by atoms with E-state index in [9.17, 15) is 22.4 Å². The number of hydrogen-bond acceptors (Lipinski definition) is 6. The van der Waals surface area contributed by atoms with Crippen LogP contribution in [0.2, 0.25) is 0 Å². The number of ether oxygens (including phenoxy) is 2. The van der Waals surface area contributed by atoms with Gasteiger partial charge in [0.15, 0.2) is 11.5 Å². The Labute approximate surface area is 198 Å². The largest absolute Gasteiger partial charge is 0.454 e. The van der Waals surface area contributed by atoms with Gasteiger partial charge in [-0.3, -0.25) is 13.9 Å². The molecule has 0 spiro atoms. The monoisotopic (exact) mass is 493 g/mol. The SMILES string of the molecule is CC(C)NC(=O)[C@H](C)N(Cc1ccc(F)cc1)C(=O)CN(c1ccc2c(c1)OCO2)S(C)(=O)=O. The first-order chi connectivity index (χ1) is 16.0. The Bertz CT molecular complexity index is 1150. The molecule has 0 bridgehead atoms. The van der Waals surface area contributed by atoms with Gasteiger partial charge in [0.25, 0.3) is 0 Å². The second kappa shape index (κ2) is 10.3. The van der Waals surface area contributed by atoms with Crippen LogP contribution >= 0.6 is 0 Å². The molecule has 184 valence electrons. The molecular weight excluding hydrogens is 465 g/mol. The van der Waals surface area contributed by atoms with Gasteiger partial charge in [0.2, 0.25) is 28.6 Å². The minimum Gasteiger partial charge on any atom is -0.454 e. The van der Waals surface area contributed by atoms with E-state index < -0.39 is 34.3 Å². The van der Waals surface area contributed by atoms with E-state index in [1.807, 2.05) is 0 Å². The molecule has 0 fully saturated rings. The highest BCUT2D eigenvalue weighted by atomic mass is 32.2. The topological polar surface area (TPSA) is 105 Å². The summed E-state index contributed by atoms with van der Waals surface area (Å²) in [6.45, 7) is 4.61. The number of fused-ring (bicyclic) bond motifs is 1. The molecule has 1 heterocycles. The number of carbonyl (C=O) groups is 2. The molecule has 1 aliphatic heterocycles. The van der Waals surface area contributed by atoms with Gasteiger partial charge in [-0.25, -0.2) is 12.8 Å². The lowest BCUT2D eigenvalue weighted by molar-refractivity contribution is -0.139. The number of nitrogens with zero attached hydrogens (tertiary/aromatic N) is 2. The molecule has 2 amide bonds. The van der Waals surface area contributed by atoms with Crippen LogP contribution < -0.4 is 19.1 Å². The van der Waals surface area contributed by atoms with Crippen molar-refractivity contribution in [2.75, 3.05) is 23.9 Å². The summed E-state index contributed by atoms with van der Waals surface area (Å²) in [7, 11) is -3.87. The standard InChI is InChI=1S/C23H28FN3O6S/c1-15(2)25-23(29)16(3)26(12-17-5-7-18(24)8-6-17)22(28)13-27(34(4,30)31)19-9-10-20-21(11-19)33-14-32-20/h5-11,15-16H,12-14H2,1-4H3,(H,25,29)/t16-/m0/s1. The highest BCUT2D eigenvalue weighted by Crippen LogP contribution is 2.36. The number of rotatable bonds is 9. The lowest BCUT2D eigenvalue weighted by Crippen LogP contribution is -2.52. The average molecular weight is 494 g/mol. The molecule has 9 nitrogen and oxygen atoms in total. The molecule has 2 aromatic carbocycles. The van der Waals surface area contributed by atoms with Crippen LogP contribution in [-0.2, 0) is 26.2 Å². The number of anilines is 1. The second-order valence-electron chi connectivity index (χ2n) is 8.29. The highest BCUT2D eigenvalue weighted by molar-refractivity contribution is 7.92. The van der Waals surface area contributed by atoms with Crippen LogP contribution in [0.25, 0.3) is 0 Å². The van der Waals surface area contributed by atoms with Gasteiger partial charge in [0.1, 0.15) is 18.4 Å². The minimum absolute atomic E-state index is 0.00939. The van der Waals surface area contributed by atoms with Crippen LogP contribution in [0.15, 0.2) is 42.5 Å². The van der Waals surface area contributed by atoms with Crippen molar-refractivity contribution < 1.29 is 31.9 Å². The first kappa shape index (κ1) is 25.3. The fourth-order valence-corrected chi connectivity index (χ4v) is 4.27. The summed E-state index contributed by atoms with van der Waals surface area (Å²) in [5.74, 6) is -0.580. The van der Waals surface area contributed by atoms with Crippen molar-refractivity contribution in [3.63, 3.8) is 0 Å². The lowest BCUT2D eigenvalue weighted by Gasteiger charge is -2.32. The third kappa shape index (κ3) is 6.16. The average Bonchev–Trinajstić information content (AvgIpc) is 3.23. The maximum atomic E-state index is 13.4. The van der Waals surface area contributed by atoms with Gasteiger partial charge in [-0.05, 0) is 50.6 Å². The van der Waals surface area contributed by atoms with Crippen LogP contribution in [0, 0.1) is 5.82 Å². The van der Waals surface area contributed by atoms with Crippen LogP contribution in [0.3, 0.4) is 0 Å². The number of sulfonamides is 1. The smallest absolute Gasteiger partial charge is 0.244 e. The number of amides is 2. The molecule has 11 heteroatoms. The van der Waals surface area contributed by atoms with Crippen molar-refractivity contribution in [2.45, 2.75) is 39.4 Å². The van der Waals surface area contributed by atoms with Gasteiger partial charge < -0.3 is 19.7 Å². The predicted octanol–water partition coefficient (Wildman–Crippen LogP) is 2.26. The van der Waals surface area contributed by atoms with E-state index >= 15 is 0 Å². The molecule has 1 N–H and O–H groups in total. The molecule has 0 saturated heterocycles. The van der Waals surface area contributed by atoms with Crippen LogP contribution in [0.5, 0.6) is 11.5 Å². The van der Waals surface area contributed by atoms with Crippen molar-refractivity contribution in [3.05, 3.63) is 53.8 Å². The molecule has 3 rings (SSSR count). The lowest BCUT2D eigenvalue weighted by atomic mass is 10.1. The molecule has 1 atom stereocenters. The van der Waals surface area contributed by atoms with Gasteiger partial charge in [-0.15, -0.1) is 0 Å². The molecule has 0 unspecified atom stereocenters. The summed E-state index contributed by atoms with van der Waals surface area (Å²) in [6, 6.07) is 9.03. The molecule has 1 aliphatic rings. The molecule has 34 heavy (non-hydrogen) atoms. The molecular formula is C23H28FN3O6S. The molecule has 2 aromatic rings. The minimum atomic E-state index is -3.87. The first-order valence-electron chi connectivity index (χ1n) is 10.7. The number of hydrogen-bond donors (Lipinski definition) is 1. The van der Waals surface area contributed by atoms with Crippen molar-refractivity contribution in [2.24, 2.45) is 0 Å². The Balaban J connectivity index is 1.90. The van der Waals surface area contributed by atoms with Crippen LogP contribution in [-0.4, -0.2) is 56.8 Å². The maximum absolute atomic E-state index is 13.4. The molecule has 0 radical (unpaired) electrons. The molecule has 0 aromatic heterocycles. The highest BCUT2D eigenvalue weighted by Gasteiger charge is 2.31. The predicted molar refractivity (Wildman–Crippen MR) is 124 cm³/mol. The van der Waals surface area contributed by atoms with E-state index in [2.05, 4.69) is 5.32 Å². The van der Waals surface area contributed by atoms with Gasteiger partial charge >= 0.3 is 0 Å². The van der Waals surface area contributed by atoms with Crippen molar-refractivity contribution in [1.29, 1.82) is 0 Å². The van der Waals surface area contributed by atoms with E-state index in [0.29, 0.717) is 17.1 Å². The third-order valence-electron chi connectivity index (χ3n) is 5.19. The molecule has 0 aliphatic carbocycles. The van der Waals surface area contributed by atoms with Crippen LogP contribution in [0.1, 0.15) is 26.3 Å². The van der Waals surface area contributed by atoms with E-state index in [0.717, 1.165) is 10.6 Å². The van der Waals surface area contributed by atoms with E-state index in [1.54, 1.807) is 26.8 Å². The van der Waals surface area contributed by atoms with Gasteiger partial charge in [0.05, 0.1) is 11.9 Å². The van der Waals surface area contributed by atoms with Crippen LogP contribution in [0.4, 0.5) is 10.1 Å². The number of carbonyl (C=O) groups excluding carboxylic acids is 2. The third-order valence-corrected chi connectivity index (χ3v) is 6.33. The zero-order valence-electron chi connectivity index (χ0n) is 19.4. The first-order valence-corrected chi connectivity index (χ1v) is 12.5. The number of benzene rings is 2. The summed E-state index contributed by atoms with van der Waals surface area (Å²) in [4.78, 5) is 27.4. The van der Waals surface area contributed by atoms with Gasteiger partial charge in [-0.2, -0.15) is 0 Å². The Morgan fingerprint density at radius 3 is 2.32 bits per heavy atom. The summed E-state index contributed by atoms with van der Waals surface area (Å²) in [5, 5.41) is 2.76. The van der Waals surface area contributed by atoms with Crippen molar-refractivity contribution >= 4 is 27.5 Å². The van der Waals surface area contributed by atoms with Gasteiger partial charge in [0, 0.05) is 18.7 Å². The second-order valence-corrected chi connectivity index (χ2v) is 10.2. The Morgan fingerprint density at radius 2 is 1.71 bits per heavy atom. The van der Waals surface area contributed by atoms with Crippen molar-refractivity contribution in [3.8, 4) is 11.5 Å². The van der Waals surface area contributed by atoms with E-state index in [1.165, 1.54) is 41.3 Å². The van der Waals surface area contributed by atoms with Crippen molar-refractivity contribution in [1.82, 2.24) is 10.2 Å². The number of halogens is 1. The maximum Gasteiger partial charge on any atom is 0.244 e. The van der Waals surface area contributed by atoms with E-state index in [-0.39, 0.29) is 31.0 Å². The normalized spacial score (nSPS) is 13.5. The summed E-state index contributed by atoms with van der Waals surface area (Å²) < 4.78 is 50.1. The summed E-state index contributed by atoms with van der Waals surface area (Å²) in [6.07, 6.45) is 0.990. The zero-order chi connectivity index (χ0) is 25.0. The van der Waals surface area contributed by atoms with Gasteiger partial charge in [-0.1, -0.05) is 12.1 Å². The number of nitrogens with one attached hydrogen (secondary N) is 1. The fourth-order valence-electron chi connectivity index (χ4n) is 3.43. The Hall–Kier alpha value is -3.34. The fraction of sp³-hybridized carbons (Fsp3) is 0.391. The Kier molecular flexibility index (Phi) is 7.65. The zero-order valence-corrected chi connectivity index (χ0v) is 20.3.